The summed E-state index contributed by atoms with van der Waals surface area (Å²) in [5.74, 6) is -122. The van der Waals surface area contributed by atoms with Gasteiger partial charge in [0.1, 0.15) is 0 Å². The van der Waals surface area contributed by atoms with Crippen LogP contribution in [-0.2, 0) is 0 Å². The first-order valence-electron chi connectivity index (χ1n) is 18.3. The summed E-state index contributed by atoms with van der Waals surface area (Å²) >= 11 is 0. The molecule has 432 valence electrons. The first kappa shape index (κ1) is 67.9. The van der Waals surface area contributed by atoms with E-state index in [4.69, 9.17) is 0 Å². The van der Waals surface area contributed by atoms with Crippen LogP contribution in [0.1, 0.15) is 38.5 Å². The third kappa shape index (κ3) is 10.7. The Balaban J connectivity index is 4.07. The molecule has 0 atom stereocenters. The largest absolute Gasteiger partial charge is 0.460 e. The Morgan fingerprint density at radius 2 is 0.411 bits per heavy atom. The molecular weight excluding hydrogens is 1170 g/mol. The maximum Gasteiger partial charge on any atom is 0.460 e. The average Bonchev–Trinajstić information content (AvgIpc) is 3.18. The van der Waals surface area contributed by atoms with Gasteiger partial charge in [-0.1, -0.05) is 18.2 Å². The van der Waals surface area contributed by atoms with E-state index in [1.807, 2.05) is 0 Å². The van der Waals surface area contributed by atoms with Crippen molar-refractivity contribution >= 4 is 12.6 Å². The first-order valence-corrected chi connectivity index (χ1v) is 20.6. The molecule has 0 bridgehead atoms. The lowest BCUT2D eigenvalue weighted by molar-refractivity contribution is -0.440. The molecule has 0 saturated carbocycles. The van der Waals surface area contributed by atoms with E-state index in [1.165, 1.54) is 0 Å². The van der Waals surface area contributed by atoms with Crippen LogP contribution in [0, 0.1) is 0 Å². The van der Waals surface area contributed by atoms with E-state index < -0.39 is 177 Å². The molecule has 0 aliphatic carbocycles. The lowest BCUT2D eigenvalue weighted by Gasteiger charge is -2.40. The van der Waals surface area contributed by atoms with Crippen LogP contribution in [0.3, 0.4) is 0 Å². The van der Waals surface area contributed by atoms with Crippen LogP contribution in [0.2, 0.25) is 0 Å². The monoisotopic (exact) mass is 1190 g/mol. The molecule has 0 saturated heterocycles. The van der Waals surface area contributed by atoms with Gasteiger partial charge in [0.25, 0.3) is 0 Å². The number of rotatable bonds is 25. The molecule has 0 spiro atoms. The highest BCUT2D eigenvalue weighted by Gasteiger charge is 2.93. The van der Waals surface area contributed by atoms with Crippen LogP contribution in [0.15, 0.2) is 30.3 Å². The fourth-order valence-corrected chi connectivity index (χ4v) is 10.7. The van der Waals surface area contributed by atoms with Crippen molar-refractivity contribution in [3.63, 3.8) is 0 Å². The molecule has 0 aliphatic heterocycles. The molecule has 0 aliphatic rings. The zero-order valence-corrected chi connectivity index (χ0v) is 34.8. The third-order valence-corrected chi connectivity index (χ3v) is 15.4. The fourth-order valence-electron chi connectivity index (χ4n) is 6.16. The van der Waals surface area contributed by atoms with E-state index in [-0.39, 0.29) is 0 Å². The van der Waals surface area contributed by atoms with Crippen LogP contribution in [0.4, 0.5) is 171 Å². The van der Waals surface area contributed by atoms with Crippen molar-refractivity contribution in [3.8, 4) is 0 Å². The molecule has 1 rings (SSSR count). The Hall–Kier alpha value is -3.08. The molecule has 40 heteroatoms. The van der Waals surface area contributed by atoms with E-state index in [2.05, 4.69) is 0 Å². The maximum atomic E-state index is 14.7. The normalized spacial score (nSPS) is 16.4. The van der Waals surface area contributed by atoms with Gasteiger partial charge in [0.05, 0.1) is 23.8 Å². The highest BCUT2D eigenvalue weighted by Crippen LogP contribution is 2.67. The van der Waals surface area contributed by atoms with Crippen molar-refractivity contribution < 1.29 is 171 Å². The summed E-state index contributed by atoms with van der Waals surface area (Å²) in [4.78, 5) is 0. The first-order chi connectivity index (χ1) is 31.5. The van der Waals surface area contributed by atoms with Crippen molar-refractivity contribution in [2.24, 2.45) is 0 Å². The Bertz CT molecular complexity index is 1790. The summed E-state index contributed by atoms with van der Waals surface area (Å²) in [6.07, 6.45) is -47.6. The van der Waals surface area contributed by atoms with Crippen LogP contribution in [-0.4, -0.2) is 126 Å². The van der Waals surface area contributed by atoms with Crippen LogP contribution in [0.25, 0.3) is 0 Å². The minimum Gasteiger partial charge on any atom is -0.200 e. The van der Waals surface area contributed by atoms with Gasteiger partial charge in [-0.05, 0) is 31.4 Å². The van der Waals surface area contributed by atoms with Crippen LogP contribution in [0.5, 0.6) is 0 Å². The van der Waals surface area contributed by atoms with Gasteiger partial charge < -0.3 is 0 Å². The minimum absolute atomic E-state index is 0.343. The van der Waals surface area contributed by atoms with Crippen LogP contribution < -0.4 is 5.30 Å². The highest BCUT2D eigenvalue weighted by molar-refractivity contribution is 7.82. The predicted molar refractivity (Wildman–Crippen MR) is 168 cm³/mol. The zero-order chi connectivity index (χ0) is 59.0. The Morgan fingerprint density at radius 1 is 0.233 bits per heavy atom. The standard InChI is InChI=1S/C33H23F39P/c34-16(35,19(40,41)22(46,47)25(52,53)28(58,59)31(64,65)66)9-4-12-73(15-7-2-1-3-8-15,13-5-10-17(36,37)20(42,43)23(48,49)26(54,55)29(60,61)32(67,68)69)14-6-11-18(38,39)21(44,45)24(50,51)27(56,57)30(62,63)33(70,71)72/h1-3,7-8H,4-6,9-14H2/q+1. The SMILES string of the molecule is FC(F)(F)C(F)(F)C(F)(F)C(F)(F)C(F)(F)C(F)(F)CCC[P+](CCCC(F)(F)C(F)(F)C(F)(F)C(F)(F)C(F)(F)C(F)(F)F)(CCCC(F)(F)C(F)(F)C(F)(F)C(F)(F)C(F)(F)C(F)(F)F)c1ccccc1. The highest BCUT2D eigenvalue weighted by atomic mass is 31.2. The zero-order valence-electron chi connectivity index (χ0n) is 33.9. The summed E-state index contributed by atoms with van der Waals surface area (Å²) in [5, 5.41) is -1.08. The Morgan fingerprint density at radius 3 is 0.589 bits per heavy atom. The van der Waals surface area contributed by atoms with Crippen molar-refractivity contribution in [2.75, 3.05) is 18.5 Å². The number of benzene rings is 1. The van der Waals surface area contributed by atoms with E-state index in [1.54, 1.807) is 0 Å². The quantitative estimate of drug-likeness (QED) is 0.0676. The van der Waals surface area contributed by atoms with Crippen molar-refractivity contribution in [1.82, 2.24) is 0 Å². The van der Waals surface area contributed by atoms with Gasteiger partial charge in [-0.25, -0.2) is 0 Å². The maximum absolute atomic E-state index is 14.7. The molecular formula is C33H23F39P+. The van der Waals surface area contributed by atoms with E-state index in [0.717, 1.165) is 6.07 Å². The Labute approximate surface area is 379 Å². The summed E-state index contributed by atoms with van der Waals surface area (Å²) in [6.45, 7) is 0. The van der Waals surface area contributed by atoms with Gasteiger partial charge in [0, 0.05) is 26.5 Å². The second-order valence-electron chi connectivity index (χ2n) is 15.5. The molecule has 73 heavy (non-hydrogen) atoms. The molecule has 0 aromatic heterocycles. The average molecular weight is 1190 g/mol. The molecule has 1 aromatic carbocycles. The molecule has 1 aromatic rings. The predicted octanol–water partition coefficient (Wildman–Crippen LogP) is 16.9. The minimum atomic E-state index is -8.58. The summed E-state index contributed by atoms with van der Waals surface area (Å²) in [7, 11) is -5.18. The van der Waals surface area contributed by atoms with Crippen molar-refractivity contribution in [1.29, 1.82) is 0 Å². The van der Waals surface area contributed by atoms with Gasteiger partial charge in [-0.3, -0.25) is 0 Å². The molecule has 0 radical (unpaired) electrons. The number of hydrogen-bond donors (Lipinski definition) is 0. The van der Waals surface area contributed by atoms with E-state index in [9.17, 15) is 171 Å². The van der Waals surface area contributed by atoms with Gasteiger partial charge in [0.2, 0.25) is 0 Å². The smallest absolute Gasteiger partial charge is 0.200 e. The third-order valence-electron chi connectivity index (χ3n) is 10.5. The molecule has 0 nitrogen and oxygen atoms in total. The molecule has 0 unspecified atom stereocenters. The summed E-state index contributed by atoms with van der Waals surface area (Å²) < 4.78 is 534. The van der Waals surface area contributed by atoms with Gasteiger partial charge in [-0.2, -0.15) is 171 Å². The lowest BCUT2D eigenvalue weighted by Crippen LogP contribution is -2.70. The molecule has 0 heterocycles. The lowest BCUT2D eigenvalue weighted by atomic mass is 9.92. The van der Waals surface area contributed by atoms with E-state index >= 15 is 0 Å². The van der Waals surface area contributed by atoms with Crippen molar-refractivity contribution in [2.45, 2.75) is 146 Å². The second kappa shape index (κ2) is 19.4. The number of hydrogen-bond acceptors (Lipinski definition) is 0. The van der Waals surface area contributed by atoms with Gasteiger partial charge >= 0.3 is 107 Å². The van der Waals surface area contributed by atoms with E-state index in [0.29, 0.717) is 24.3 Å². The van der Waals surface area contributed by atoms with Gasteiger partial charge in [-0.15, -0.1) is 0 Å². The number of halogens is 39. The fraction of sp³-hybridized carbons (Fsp3) is 0.818. The topological polar surface area (TPSA) is 0 Å². The van der Waals surface area contributed by atoms with Crippen LogP contribution >= 0.6 is 7.26 Å². The van der Waals surface area contributed by atoms with Gasteiger partial charge in [0.15, 0.2) is 0 Å². The summed E-state index contributed by atoms with van der Waals surface area (Å²) in [6, 6.07) is 2.49. The summed E-state index contributed by atoms with van der Waals surface area (Å²) in [5.41, 5.74) is 0. The Kier molecular flexibility index (Phi) is 18.1. The number of alkyl halides is 39. The molecule has 0 fully saturated rings. The van der Waals surface area contributed by atoms with Crippen molar-refractivity contribution in [3.05, 3.63) is 30.3 Å². The second-order valence-corrected chi connectivity index (χ2v) is 19.6. The molecule has 0 amide bonds. The molecule has 0 N–H and O–H groups in total.